The van der Waals surface area contributed by atoms with Gasteiger partial charge in [0.15, 0.2) is 0 Å². The summed E-state index contributed by atoms with van der Waals surface area (Å²) in [5, 5.41) is 0.540. The van der Waals surface area contributed by atoms with Gasteiger partial charge in [0.2, 0.25) is 0 Å². The molecule has 0 aliphatic carbocycles. The Hall–Kier alpha value is -0.680. The third kappa shape index (κ3) is 2.98. The first kappa shape index (κ1) is 14.3. The summed E-state index contributed by atoms with van der Waals surface area (Å²) in [5.74, 6) is -0.250. The first-order chi connectivity index (χ1) is 9.63. The van der Waals surface area contributed by atoms with Crippen LogP contribution in [0.2, 0.25) is 5.02 Å². The lowest BCUT2D eigenvalue weighted by Gasteiger charge is -2.37. The molecule has 20 heavy (non-hydrogen) atoms. The molecule has 1 aromatic carbocycles. The van der Waals surface area contributed by atoms with Gasteiger partial charge in [-0.3, -0.25) is 4.90 Å². The van der Waals surface area contributed by atoms with Gasteiger partial charge in [0.1, 0.15) is 5.82 Å². The summed E-state index contributed by atoms with van der Waals surface area (Å²) >= 11 is 5.91. The van der Waals surface area contributed by atoms with Crippen molar-refractivity contribution < 1.29 is 9.13 Å². The van der Waals surface area contributed by atoms with Gasteiger partial charge in [-0.2, -0.15) is 0 Å². The Labute approximate surface area is 123 Å². The van der Waals surface area contributed by atoms with Crippen LogP contribution in [0.4, 0.5) is 4.39 Å². The molecule has 3 nitrogen and oxygen atoms in total. The molecular weight excluding hydrogens is 279 g/mol. The highest BCUT2D eigenvalue weighted by Gasteiger charge is 2.34. The average Bonchev–Trinajstić information content (AvgIpc) is 2.90. The molecule has 2 heterocycles. The first-order valence-corrected chi connectivity index (χ1v) is 7.56. The Morgan fingerprint density at radius 1 is 1.50 bits per heavy atom. The minimum Gasteiger partial charge on any atom is -0.374 e. The van der Waals surface area contributed by atoms with Gasteiger partial charge in [0.25, 0.3) is 0 Å². The van der Waals surface area contributed by atoms with E-state index in [4.69, 9.17) is 22.1 Å². The van der Waals surface area contributed by atoms with E-state index in [-0.39, 0.29) is 18.0 Å². The van der Waals surface area contributed by atoms with Crippen LogP contribution in [0, 0.1) is 5.82 Å². The van der Waals surface area contributed by atoms with Crippen molar-refractivity contribution in [2.45, 2.75) is 37.5 Å². The molecule has 3 rings (SSSR count). The highest BCUT2D eigenvalue weighted by molar-refractivity contribution is 6.30. The largest absolute Gasteiger partial charge is 0.374 e. The number of rotatable bonds is 3. The third-order valence-corrected chi connectivity index (χ3v) is 4.59. The zero-order chi connectivity index (χ0) is 14.1. The molecule has 3 atom stereocenters. The van der Waals surface area contributed by atoms with Crippen LogP contribution in [0.25, 0.3) is 0 Å². The molecule has 2 aliphatic heterocycles. The van der Waals surface area contributed by atoms with Crippen LogP contribution in [0.5, 0.6) is 0 Å². The van der Waals surface area contributed by atoms with Crippen LogP contribution in [-0.4, -0.2) is 42.8 Å². The van der Waals surface area contributed by atoms with Crippen molar-refractivity contribution in [1.82, 2.24) is 4.90 Å². The van der Waals surface area contributed by atoms with Gasteiger partial charge in [0.05, 0.1) is 12.7 Å². The number of morpholine rings is 1. The average molecular weight is 299 g/mol. The maximum Gasteiger partial charge on any atom is 0.126 e. The van der Waals surface area contributed by atoms with Crippen LogP contribution >= 0.6 is 11.6 Å². The lowest BCUT2D eigenvalue weighted by molar-refractivity contribution is -0.0590. The second-order valence-corrected chi connectivity index (χ2v) is 6.20. The molecule has 1 aromatic rings. The lowest BCUT2D eigenvalue weighted by Crippen LogP contribution is -2.53. The van der Waals surface area contributed by atoms with E-state index in [0.29, 0.717) is 23.0 Å². The van der Waals surface area contributed by atoms with Crippen molar-refractivity contribution in [2.24, 2.45) is 5.73 Å². The zero-order valence-electron chi connectivity index (χ0n) is 11.4. The van der Waals surface area contributed by atoms with Crippen LogP contribution in [0.15, 0.2) is 18.2 Å². The summed E-state index contributed by atoms with van der Waals surface area (Å²) in [5.41, 5.74) is 6.79. The lowest BCUT2D eigenvalue weighted by atomic mass is 10.00. The van der Waals surface area contributed by atoms with Gasteiger partial charge >= 0.3 is 0 Å². The second kappa shape index (κ2) is 5.98. The summed E-state index contributed by atoms with van der Waals surface area (Å²) in [6.45, 7) is 2.73. The fraction of sp³-hybridized carbons (Fsp3) is 0.600. The molecular formula is C15H20ClFN2O. The number of nitrogens with zero attached hydrogens (tertiary/aromatic N) is 1. The first-order valence-electron chi connectivity index (χ1n) is 7.18. The predicted molar refractivity (Wildman–Crippen MR) is 77.4 cm³/mol. The summed E-state index contributed by atoms with van der Waals surface area (Å²) in [4.78, 5) is 2.45. The monoisotopic (exact) mass is 298 g/mol. The Morgan fingerprint density at radius 2 is 2.35 bits per heavy atom. The summed E-state index contributed by atoms with van der Waals surface area (Å²) in [7, 11) is 0. The van der Waals surface area contributed by atoms with Gasteiger partial charge in [-0.15, -0.1) is 0 Å². The Balaban J connectivity index is 1.64. The SMILES string of the molecule is NC(Cc1cc(Cl)ccc1F)C1CN2CCCC2CO1. The van der Waals surface area contributed by atoms with Crippen LogP contribution in [0.3, 0.4) is 0 Å². The van der Waals surface area contributed by atoms with Gasteiger partial charge in [-0.05, 0) is 49.6 Å². The number of hydrogen-bond acceptors (Lipinski definition) is 3. The van der Waals surface area contributed by atoms with Crippen molar-refractivity contribution in [3.8, 4) is 0 Å². The Morgan fingerprint density at radius 3 is 3.20 bits per heavy atom. The van der Waals surface area contributed by atoms with Gasteiger partial charge in [0, 0.05) is 23.7 Å². The number of nitrogens with two attached hydrogens (primary N) is 1. The van der Waals surface area contributed by atoms with E-state index in [0.717, 1.165) is 19.7 Å². The van der Waals surface area contributed by atoms with Crippen molar-refractivity contribution in [1.29, 1.82) is 0 Å². The van der Waals surface area contributed by atoms with E-state index in [1.165, 1.54) is 18.9 Å². The normalized spacial score (nSPS) is 28.4. The topological polar surface area (TPSA) is 38.5 Å². The standard InChI is InChI=1S/C15H20ClFN2O/c16-11-3-4-13(17)10(6-11)7-14(18)15-8-19-5-1-2-12(19)9-20-15/h3-4,6,12,14-15H,1-2,5,7-9,18H2. The molecule has 2 saturated heterocycles. The summed E-state index contributed by atoms with van der Waals surface area (Å²) < 4.78 is 19.6. The van der Waals surface area contributed by atoms with E-state index < -0.39 is 0 Å². The minimum absolute atomic E-state index is 0.0252. The van der Waals surface area contributed by atoms with Gasteiger partial charge in [-0.1, -0.05) is 11.6 Å². The van der Waals surface area contributed by atoms with Crippen molar-refractivity contribution >= 4 is 11.6 Å². The number of fused-ring (bicyclic) bond motifs is 1. The fourth-order valence-electron chi connectivity index (χ4n) is 3.19. The van der Waals surface area contributed by atoms with Crippen LogP contribution < -0.4 is 5.73 Å². The molecule has 5 heteroatoms. The zero-order valence-corrected chi connectivity index (χ0v) is 12.2. The molecule has 0 amide bonds. The summed E-state index contributed by atoms with van der Waals surface area (Å²) in [6.07, 6.45) is 2.88. The molecule has 2 fully saturated rings. The van der Waals surface area contributed by atoms with Crippen LogP contribution in [0.1, 0.15) is 18.4 Å². The number of ether oxygens (including phenoxy) is 1. The molecule has 110 valence electrons. The highest BCUT2D eigenvalue weighted by Crippen LogP contribution is 2.25. The van der Waals surface area contributed by atoms with Crippen LogP contribution in [-0.2, 0) is 11.2 Å². The minimum atomic E-state index is -0.250. The van der Waals surface area contributed by atoms with Crippen molar-refractivity contribution in [3.63, 3.8) is 0 Å². The molecule has 0 bridgehead atoms. The Bertz CT molecular complexity index is 485. The van der Waals surface area contributed by atoms with E-state index in [1.54, 1.807) is 12.1 Å². The highest BCUT2D eigenvalue weighted by atomic mass is 35.5. The number of halogens is 2. The van der Waals surface area contributed by atoms with E-state index in [2.05, 4.69) is 4.90 Å². The maximum atomic E-state index is 13.7. The van der Waals surface area contributed by atoms with Gasteiger partial charge < -0.3 is 10.5 Å². The second-order valence-electron chi connectivity index (χ2n) is 5.77. The molecule has 2 N–H and O–H groups in total. The number of benzene rings is 1. The maximum absolute atomic E-state index is 13.7. The quantitative estimate of drug-likeness (QED) is 0.930. The van der Waals surface area contributed by atoms with E-state index in [1.807, 2.05) is 0 Å². The Kier molecular flexibility index (Phi) is 4.26. The predicted octanol–water partition coefficient (Wildman–Crippen LogP) is 2.21. The molecule has 0 spiro atoms. The smallest absolute Gasteiger partial charge is 0.126 e. The molecule has 0 saturated carbocycles. The molecule has 3 unspecified atom stereocenters. The summed E-state index contributed by atoms with van der Waals surface area (Å²) in [6, 6.07) is 4.95. The van der Waals surface area contributed by atoms with Gasteiger partial charge in [-0.25, -0.2) is 4.39 Å². The molecule has 0 radical (unpaired) electrons. The van der Waals surface area contributed by atoms with Crippen molar-refractivity contribution in [2.75, 3.05) is 19.7 Å². The van der Waals surface area contributed by atoms with E-state index >= 15 is 0 Å². The third-order valence-electron chi connectivity index (χ3n) is 4.36. The van der Waals surface area contributed by atoms with Crippen molar-refractivity contribution in [3.05, 3.63) is 34.6 Å². The number of hydrogen-bond donors (Lipinski definition) is 1. The van der Waals surface area contributed by atoms with E-state index in [9.17, 15) is 4.39 Å². The molecule has 0 aromatic heterocycles. The molecule has 2 aliphatic rings. The fourth-order valence-corrected chi connectivity index (χ4v) is 3.38.